The fraction of sp³-hybridized carbons (Fsp3) is 0.417. The number of ether oxygens (including phenoxy) is 1. The van der Waals surface area contributed by atoms with E-state index in [4.69, 9.17) is 4.74 Å². The number of benzene rings is 1. The van der Waals surface area contributed by atoms with E-state index in [-0.39, 0.29) is 50.0 Å². The molecule has 1 aliphatic heterocycles. The van der Waals surface area contributed by atoms with Crippen LogP contribution in [-0.2, 0) is 32.0 Å². The van der Waals surface area contributed by atoms with Gasteiger partial charge in [-0.25, -0.2) is 0 Å². The van der Waals surface area contributed by atoms with Gasteiger partial charge in [-0.15, -0.1) is 0 Å². The van der Waals surface area contributed by atoms with Gasteiger partial charge in [0.15, 0.2) is 6.61 Å². The quantitative estimate of drug-likeness (QED) is 0.389. The van der Waals surface area contributed by atoms with E-state index in [9.17, 15) is 19.2 Å². The second-order valence-electron chi connectivity index (χ2n) is 8.20. The number of aryl methyl sites for hydroxylation is 3. The second-order valence-corrected chi connectivity index (χ2v) is 8.20. The first-order valence-corrected chi connectivity index (χ1v) is 10.7. The number of nitrogens with zero attached hydrogens (tertiary/aromatic N) is 2. The van der Waals surface area contributed by atoms with Gasteiger partial charge in [-0.3, -0.25) is 24.1 Å². The number of amides is 2. The van der Waals surface area contributed by atoms with Crippen molar-refractivity contribution in [2.45, 2.75) is 52.4 Å². The van der Waals surface area contributed by atoms with Crippen LogP contribution >= 0.6 is 0 Å². The number of carbonyl (C=O) groups excluding carboxylic acids is 4. The summed E-state index contributed by atoms with van der Waals surface area (Å²) in [7, 11) is 0. The Morgan fingerprint density at radius 2 is 1.68 bits per heavy atom. The summed E-state index contributed by atoms with van der Waals surface area (Å²) >= 11 is 0. The normalized spacial score (nSPS) is 15.5. The topological polar surface area (TPSA) is 85.7 Å². The summed E-state index contributed by atoms with van der Waals surface area (Å²) in [5.74, 6) is -1.42. The lowest BCUT2D eigenvalue weighted by Crippen LogP contribution is -2.31. The van der Waals surface area contributed by atoms with Crippen LogP contribution in [0.2, 0.25) is 0 Å². The maximum Gasteiger partial charge on any atom is 0.308 e. The molecule has 0 saturated carbocycles. The number of fused-ring (bicyclic) bond motifs is 1. The Labute approximate surface area is 181 Å². The molecule has 0 N–H and O–H groups in total. The van der Waals surface area contributed by atoms with Crippen LogP contribution in [0.5, 0.6) is 0 Å². The molecule has 31 heavy (non-hydrogen) atoms. The van der Waals surface area contributed by atoms with Crippen LogP contribution in [0.3, 0.4) is 0 Å². The number of hydrogen-bond donors (Lipinski definition) is 0. The average molecular weight is 422 g/mol. The fourth-order valence-corrected chi connectivity index (χ4v) is 4.51. The van der Waals surface area contributed by atoms with Gasteiger partial charge in [0.25, 0.3) is 0 Å². The van der Waals surface area contributed by atoms with Crippen LogP contribution < -0.4 is 0 Å². The van der Waals surface area contributed by atoms with E-state index in [0.29, 0.717) is 5.56 Å². The van der Waals surface area contributed by atoms with Gasteiger partial charge in [0.1, 0.15) is 0 Å². The molecule has 2 heterocycles. The molecule has 0 radical (unpaired) electrons. The number of rotatable bonds is 7. The maximum atomic E-state index is 12.7. The molecule has 0 atom stereocenters. The van der Waals surface area contributed by atoms with Crippen molar-refractivity contribution in [1.29, 1.82) is 0 Å². The minimum atomic E-state index is -0.603. The SMILES string of the molecule is Cc1cc(C(=O)COC(=O)CCN2C(=O)CCC2=O)c(C)n1-c1ccc2c(c1)CCC2. The monoisotopic (exact) mass is 422 g/mol. The molecule has 7 heteroatoms. The van der Waals surface area contributed by atoms with E-state index in [2.05, 4.69) is 22.8 Å². The predicted octanol–water partition coefficient (Wildman–Crippen LogP) is 2.85. The number of hydrogen-bond acceptors (Lipinski definition) is 5. The van der Waals surface area contributed by atoms with Gasteiger partial charge < -0.3 is 9.30 Å². The minimum Gasteiger partial charge on any atom is -0.457 e. The second kappa shape index (κ2) is 8.49. The van der Waals surface area contributed by atoms with Crippen LogP contribution in [0.25, 0.3) is 5.69 Å². The van der Waals surface area contributed by atoms with E-state index in [1.165, 1.54) is 17.5 Å². The van der Waals surface area contributed by atoms with Crippen molar-refractivity contribution in [2.75, 3.05) is 13.2 Å². The molecule has 2 aromatic rings. The highest BCUT2D eigenvalue weighted by molar-refractivity contribution is 6.02. The molecule has 4 rings (SSSR count). The molecular weight excluding hydrogens is 396 g/mol. The van der Waals surface area contributed by atoms with Crippen molar-refractivity contribution in [2.24, 2.45) is 0 Å². The van der Waals surface area contributed by atoms with Crippen LogP contribution in [0.15, 0.2) is 24.3 Å². The van der Waals surface area contributed by atoms with Crippen molar-refractivity contribution in [1.82, 2.24) is 9.47 Å². The molecule has 1 fully saturated rings. The molecule has 0 unspecified atom stereocenters. The predicted molar refractivity (Wildman–Crippen MR) is 113 cm³/mol. The van der Waals surface area contributed by atoms with Gasteiger partial charge in [-0.2, -0.15) is 0 Å². The lowest BCUT2D eigenvalue weighted by atomic mass is 10.1. The number of esters is 1. The first-order chi connectivity index (χ1) is 14.8. The molecule has 0 bridgehead atoms. The number of aromatic nitrogens is 1. The zero-order chi connectivity index (χ0) is 22.1. The maximum absolute atomic E-state index is 12.7. The number of likely N-dealkylation sites (tertiary alicyclic amines) is 1. The van der Waals surface area contributed by atoms with Crippen LogP contribution in [0.1, 0.15) is 58.6 Å². The first-order valence-electron chi connectivity index (χ1n) is 10.7. The highest BCUT2D eigenvalue weighted by Gasteiger charge is 2.29. The van der Waals surface area contributed by atoms with Gasteiger partial charge in [0, 0.05) is 42.0 Å². The van der Waals surface area contributed by atoms with E-state index in [1.54, 1.807) is 0 Å². The summed E-state index contributed by atoms with van der Waals surface area (Å²) in [4.78, 5) is 49.0. The lowest BCUT2D eigenvalue weighted by Gasteiger charge is -2.13. The molecule has 1 aromatic heterocycles. The number of Topliss-reactive ketones (excluding diaryl/α,β-unsaturated/α-hetero) is 1. The highest BCUT2D eigenvalue weighted by atomic mass is 16.5. The van der Waals surface area contributed by atoms with Crippen molar-refractivity contribution >= 4 is 23.6 Å². The number of imide groups is 1. The summed E-state index contributed by atoms with van der Waals surface area (Å²) in [5.41, 5.74) is 6.07. The Morgan fingerprint density at radius 1 is 0.968 bits per heavy atom. The Morgan fingerprint density at radius 3 is 2.42 bits per heavy atom. The minimum absolute atomic E-state index is 0.00245. The third-order valence-corrected chi connectivity index (χ3v) is 6.13. The first kappa shape index (κ1) is 21.0. The molecule has 1 saturated heterocycles. The summed E-state index contributed by atoms with van der Waals surface area (Å²) in [6.45, 7) is 3.47. The third-order valence-electron chi connectivity index (χ3n) is 6.13. The Hall–Kier alpha value is -3.22. The molecular formula is C24H26N2O5. The van der Waals surface area contributed by atoms with Gasteiger partial charge in [-0.1, -0.05) is 6.07 Å². The summed E-state index contributed by atoms with van der Waals surface area (Å²) in [6.07, 6.45) is 3.64. The lowest BCUT2D eigenvalue weighted by molar-refractivity contribution is -0.144. The zero-order valence-corrected chi connectivity index (χ0v) is 17.9. The van der Waals surface area contributed by atoms with Crippen molar-refractivity contribution in [3.63, 3.8) is 0 Å². The van der Waals surface area contributed by atoms with Crippen LogP contribution in [-0.4, -0.2) is 46.2 Å². The zero-order valence-electron chi connectivity index (χ0n) is 17.9. The Balaban J connectivity index is 1.39. The highest BCUT2D eigenvalue weighted by Crippen LogP contribution is 2.27. The van der Waals surface area contributed by atoms with E-state index < -0.39 is 5.97 Å². The van der Waals surface area contributed by atoms with Crippen LogP contribution in [0.4, 0.5) is 0 Å². The van der Waals surface area contributed by atoms with Crippen molar-refractivity contribution in [3.8, 4) is 5.69 Å². The van der Waals surface area contributed by atoms with Gasteiger partial charge in [-0.05, 0) is 62.4 Å². The molecule has 0 spiro atoms. The third kappa shape index (κ3) is 4.17. The smallest absolute Gasteiger partial charge is 0.308 e. The van der Waals surface area contributed by atoms with Crippen molar-refractivity contribution in [3.05, 3.63) is 52.3 Å². The standard InChI is InChI=1S/C24H26N2O5/c1-15-12-20(16(2)26(15)19-7-6-17-4-3-5-18(17)13-19)21(27)14-31-24(30)10-11-25-22(28)8-9-23(25)29/h6-7,12-13H,3-5,8-11,14H2,1-2H3. The van der Waals surface area contributed by atoms with Gasteiger partial charge in [0.05, 0.1) is 6.42 Å². The summed E-state index contributed by atoms with van der Waals surface area (Å²) < 4.78 is 7.17. The number of ketones is 1. The molecule has 2 amide bonds. The average Bonchev–Trinajstić information content (AvgIpc) is 3.42. The van der Waals surface area contributed by atoms with E-state index in [1.807, 2.05) is 19.9 Å². The van der Waals surface area contributed by atoms with Crippen LogP contribution in [0, 0.1) is 13.8 Å². The summed E-state index contributed by atoms with van der Waals surface area (Å²) in [5, 5.41) is 0. The van der Waals surface area contributed by atoms with E-state index >= 15 is 0 Å². The van der Waals surface area contributed by atoms with E-state index in [0.717, 1.165) is 34.8 Å². The molecule has 162 valence electrons. The Kier molecular flexibility index (Phi) is 5.76. The molecule has 1 aliphatic carbocycles. The summed E-state index contributed by atoms with van der Waals surface area (Å²) in [6, 6.07) is 8.26. The Bertz CT molecular complexity index is 1070. The largest absolute Gasteiger partial charge is 0.457 e. The molecule has 1 aromatic carbocycles. The van der Waals surface area contributed by atoms with Gasteiger partial charge in [0.2, 0.25) is 17.6 Å². The molecule has 2 aliphatic rings. The molecule has 7 nitrogen and oxygen atoms in total. The number of carbonyl (C=O) groups is 4. The van der Waals surface area contributed by atoms with Gasteiger partial charge >= 0.3 is 5.97 Å². The van der Waals surface area contributed by atoms with Crippen molar-refractivity contribution < 1.29 is 23.9 Å². The fourth-order valence-electron chi connectivity index (χ4n) is 4.51.